The Bertz CT molecular complexity index is 537. The van der Waals surface area contributed by atoms with Crippen molar-refractivity contribution in [3.63, 3.8) is 0 Å². The lowest BCUT2D eigenvalue weighted by Crippen LogP contribution is -2.46. The number of para-hydroxylation sites is 1. The average Bonchev–Trinajstić information content (AvgIpc) is 2.83. The third-order valence-corrected chi connectivity index (χ3v) is 3.45. The van der Waals surface area contributed by atoms with E-state index in [9.17, 15) is 14.7 Å². The lowest BCUT2D eigenvalue weighted by molar-refractivity contribution is -0.175. The molecular weight excluding hydrogens is 300 g/mol. The predicted octanol–water partition coefficient (Wildman–Crippen LogP) is 1.26. The predicted molar refractivity (Wildman–Crippen MR) is 84.0 cm³/mol. The van der Waals surface area contributed by atoms with E-state index >= 15 is 0 Å². The maximum atomic E-state index is 12.3. The van der Waals surface area contributed by atoms with Gasteiger partial charge in [-0.3, -0.25) is 4.79 Å². The van der Waals surface area contributed by atoms with E-state index in [0.29, 0.717) is 18.9 Å². The molecule has 0 saturated carbocycles. The number of rotatable bonds is 7. The highest BCUT2D eigenvalue weighted by atomic mass is 16.7. The minimum absolute atomic E-state index is 0.0283. The van der Waals surface area contributed by atoms with Crippen LogP contribution in [0.1, 0.15) is 19.8 Å². The van der Waals surface area contributed by atoms with Crippen molar-refractivity contribution in [2.75, 3.05) is 31.2 Å². The summed E-state index contributed by atoms with van der Waals surface area (Å²) in [6.07, 6.45) is 0.0879. The fourth-order valence-electron chi connectivity index (χ4n) is 2.29. The van der Waals surface area contributed by atoms with E-state index in [4.69, 9.17) is 9.47 Å². The number of aliphatic hydroxyl groups is 1. The first-order chi connectivity index (χ1) is 11.1. The van der Waals surface area contributed by atoms with Crippen LogP contribution in [0.15, 0.2) is 30.3 Å². The van der Waals surface area contributed by atoms with Crippen LogP contribution in [0.4, 0.5) is 10.5 Å². The molecule has 2 N–H and O–H groups in total. The van der Waals surface area contributed by atoms with Crippen molar-refractivity contribution in [1.29, 1.82) is 0 Å². The first-order valence-electron chi connectivity index (χ1n) is 7.71. The number of benzene rings is 1. The summed E-state index contributed by atoms with van der Waals surface area (Å²) in [6, 6.07) is 8.94. The molecule has 1 atom stereocenters. The molecule has 0 bridgehead atoms. The molecule has 1 aromatic carbocycles. The molecule has 1 fully saturated rings. The van der Waals surface area contributed by atoms with E-state index in [1.165, 1.54) is 4.90 Å². The van der Waals surface area contributed by atoms with Gasteiger partial charge in [0.15, 0.2) is 0 Å². The van der Waals surface area contributed by atoms with Crippen LogP contribution in [0.5, 0.6) is 0 Å². The van der Waals surface area contributed by atoms with Gasteiger partial charge in [0.05, 0.1) is 6.61 Å². The molecule has 0 aromatic heterocycles. The molecule has 1 heterocycles. The number of amides is 2. The Labute approximate surface area is 135 Å². The number of alkyl carbamates (subject to hydrolysis) is 1. The van der Waals surface area contributed by atoms with E-state index in [1.54, 1.807) is 24.3 Å². The highest BCUT2D eigenvalue weighted by molar-refractivity contribution is 6.01. The van der Waals surface area contributed by atoms with Gasteiger partial charge in [0.25, 0.3) is 11.7 Å². The van der Waals surface area contributed by atoms with Gasteiger partial charge in [-0.05, 0) is 18.6 Å². The number of nitrogens with zero attached hydrogens (tertiary/aromatic N) is 1. The lowest BCUT2D eigenvalue weighted by atomic mass is 10.2. The minimum atomic E-state index is -2.12. The highest BCUT2D eigenvalue weighted by Crippen LogP contribution is 2.29. The van der Waals surface area contributed by atoms with Crippen molar-refractivity contribution in [2.24, 2.45) is 0 Å². The number of carbonyl (C=O) groups excluding carboxylic acids is 2. The lowest BCUT2D eigenvalue weighted by Gasteiger charge is -2.22. The van der Waals surface area contributed by atoms with Gasteiger partial charge in [0.2, 0.25) is 0 Å². The molecular formula is C16H22N2O5. The molecule has 1 saturated heterocycles. The molecule has 0 radical (unpaired) electrons. The van der Waals surface area contributed by atoms with Crippen molar-refractivity contribution in [3.05, 3.63) is 30.3 Å². The van der Waals surface area contributed by atoms with E-state index < -0.39 is 17.8 Å². The van der Waals surface area contributed by atoms with Crippen LogP contribution >= 0.6 is 0 Å². The number of anilines is 1. The van der Waals surface area contributed by atoms with Gasteiger partial charge >= 0.3 is 6.09 Å². The Morgan fingerprint density at radius 2 is 2.09 bits per heavy atom. The van der Waals surface area contributed by atoms with Gasteiger partial charge in [-0.2, -0.15) is 0 Å². The molecule has 0 unspecified atom stereocenters. The quantitative estimate of drug-likeness (QED) is 0.583. The highest BCUT2D eigenvalue weighted by Gasteiger charge is 2.49. The number of carbonyl (C=O) groups is 2. The Morgan fingerprint density at radius 3 is 2.78 bits per heavy atom. The van der Waals surface area contributed by atoms with E-state index in [0.717, 1.165) is 6.42 Å². The smallest absolute Gasteiger partial charge is 0.407 e. The van der Waals surface area contributed by atoms with E-state index in [1.807, 2.05) is 13.0 Å². The van der Waals surface area contributed by atoms with Crippen molar-refractivity contribution in [3.8, 4) is 0 Å². The minimum Gasteiger partial charge on any atom is -0.407 e. The molecule has 23 heavy (non-hydrogen) atoms. The molecule has 2 rings (SSSR count). The fraction of sp³-hybridized carbons (Fsp3) is 0.500. The van der Waals surface area contributed by atoms with Crippen LogP contribution in [0.25, 0.3) is 0 Å². The summed E-state index contributed by atoms with van der Waals surface area (Å²) >= 11 is 0. The van der Waals surface area contributed by atoms with Gasteiger partial charge in [-0.25, -0.2) is 4.79 Å². The van der Waals surface area contributed by atoms with Crippen molar-refractivity contribution < 1.29 is 24.2 Å². The molecule has 7 heteroatoms. The standard InChI is InChI=1S/C16H22N2O5/c1-2-11-22-12-9-17-15(20)23-16(21)8-10-18(14(16)19)13-6-4-3-5-7-13/h3-7,21H,2,8-12H2,1H3,(H,17,20)/t16-/m0/s1. The van der Waals surface area contributed by atoms with Crippen LogP contribution in [-0.2, 0) is 14.3 Å². The second-order valence-corrected chi connectivity index (χ2v) is 5.26. The second-order valence-electron chi connectivity index (χ2n) is 5.26. The number of hydrogen-bond acceptors (Lipinski definition) is 5. The zero-order valence-corrected chi connectivity index (χ0v) is 13.2. The monoisotopic (exact) mass is 322 g/mol. The molecule has 1 aliphatic heterocycles. The van der Waals surface area contributed by atoms with Crippen LogP contribution in [0.3, 0.4) is 0 Å². The number of nitrogens with one attached hydrogen (secondary N) is 1. The van der Waals surface area contributed by atoms with Crippen molar-refractivity contribution in [2.45, 2.75) is 25.6 Å². The summed E-state index contributed by atoms with van der Waals surface area (Å²) in [5.41, 5.74) is 0.658. The average molecular weight is 322 g/mol. The molecule has 2 amide bonds. The third-order valence-electron chi connectivity index (χ3n) is 3.45. The van der Waals surface area contributed by atoms with Crippen LogP contribution in [0.2, 0.25) is 0 Å². The summed E-state index contributed by atoms with van der Waals surface area (Å²) in [4.78, 5) is 25.4. The molecule has 1 aliphatic rings. The van der Waals surface area contributed by atoms with Gasteiger partial charge in [0.1, 0.15) is 0 Å². The van der Waals surface area contributed by atoms with Crippen molar-refractivity contribution >= 4 is 17.7 Å². The zero-order chi connectivity index (χ0) is 16.7. The summed E-state index contributed by atoms with van der Waals surface area (Å²) in [7, 11) is 0. The zero-order valence-electron chi connectivity index (χ0n) is 13.2. The Hall–Kier alpha value is -2.12. The van der Waals surface area contributed by atoms with Crippen LogP contribution in [0, 0.1) is 0 Å². The second kappa shape index (κ2) is 7.94. The molecule has 0 aliphatic carbocycles. The summed E-state index contributed by atoms with van der Waals surface area (Å²) < 4.78 is 10.1. The topological polar surface area (TPSA) is 88.1 Å². The number of hydrogen-bond donors (Lipinski definition) is 2. The molecule has 126 valence electrons. The Balaban J connectivity index is 1.85. The van der Waals surface area contributed by atoms with Crippen molar-refractivity contribution in [1.82, 2.24) is 5.32 Å². The molecule has 7 nitrogen and oxygen atoms in total. The normalized spacial score (nSPS) is 20.6. The van der Waals surface area contributed by atoms with Gasteiger partial charge in [0, 0.05) is 31.8 Å². The first-order valence-corrected chi connectivity index (χ1v) is 7.71. The maximum absolute atomic E-state index is 12.3. The third kappa shape index (κ3) is 4.43. The van der Waals surface area contributed by atoms with Crippen LogP contribution in [-0.4, -0.2) is 49.2 Å². The van der Waals surface area contributed by atoms with Gasteiger partial charge in [-0.15, -0.1) is 0 Å². The Morgan fingerprint density at radius 1 is 1.35 bits per heavy atom. The van der Waals surface area contributed by atoms with E-state index in [2.05, 4.69) is 5.32 Å². The van der Waals surface area contributed by atoms with E-state index in [-0.39, 0.29) is 19.5 Å². The number of ether oxygens (including phenoxy) is 2. The van der Waals surface area contributed by atoms with Crippen LogP contribution < -0.4 is 10.2 Å². The summed E-state index contributed by atoms with van der Waals surface area (Å²) in [5, 5.41) is 12.7. The fourth-order valence-corrected chi connectivity index (χ4v) is 2.29. The first kappa shape index (κ1) is 17.2. The van der Waals surface area contributed by atoms with Gasteiger partial charge in [-0.1, -0.05) is 25.1 Å². The summed E-state index contributed by atoms with van der Waals surface area (Å²) in [6.45, 7) is 3.50. The molecule has 1 aromatic rings. The summed E-state index contributed by atoms with van der Waals surface area (Å²) in [5.74, 6) is -2.76. The largest absolute Gasteiger partial charge is 0.410 e. The SMILES string of the molecule is CCCOCCNC(=O)O[C@@]1(O)CCN(c2ccccc2)C1=O. The molecule has 0 spiro atoms. The van der Waals surface area contributed by atoms with Gasteiger partial charge < -0.3 is 24.8 Å². The Kier molecular flexibility index (Phi) is 5.95. The maximum Gasteiger partial charge on any atom is 0.410 e.